The van der Waals surface area contributed by atoms with Gasteiger partial charge in [-0.3, -0.25) is 9.59 Å². The Morgan fingerprint density at radius 3 is 3.00 bits per heavy atom. The number of carbonyl (C=O) groups excluding carboxylic acids is 2. The van der Waals surface area contributed by atoms with Crippen LogP contribution < -0.4 is 5.32 Å². The number of phenolic OH excluding ortho intramolecular Hbond substituents is 1. The second-order valence-corrected chi connectivity index (χ2v) is 4.78. The van der Waals surface area contributed by atoms with Gasteiger partial charge in [-0.15, -0.1) is 0 Å². The maximum absolute atomic E-state index is 12.4. The molecule has 0 saturated carbocycles. The van der Waals surface area contributed by atoms with Crippen molar-refractivity contribution in [2.24, 2.45) is 0 Å². The normalized spacial score (nSPS) is 19.2. The number of phenols is 1. The minimum atomic E-state index is -0.486. The summed E-state index contributed by atoms with van der Waals surface area (Å²) in [5.74, 6) is -0.511. The summed E-state index contributed by atoms with van der Waals surface area (Å²) >= 11 is 5.98. The van der Waals surface area contributed by atoms with Crippen molar-refractivity contribution in [1.82, 2.24) is 10.2 Å². The monoisotopic (exact) mass is 282 g/mol. The average molecular weight is 283 g/mol. The van der Waals surface area contributed by atoms with Crippen LogP contribution in [0.5, 0.6) is 5.75 Å². The van der Waals surface area contributed by atoms with E-state index < -0.39 is 6.04 Å². The molecule has 1 atom stereocenters. The highest BCUT2D eigenvalue weighted by atomic mass is 35.5. The van der Waals surface area contributed by atoms with E-state index in [4.69, 9.17) is 11.6 Å². The lowest BCUT2D eigenvalue weighted by Gasteiger charge is -2.34. The van der Waals surface area contributed by atoms with Crippen LogP contribution >= 0.6 is 11.6 Å². The first-order valence-electron chi connectivity index (χ1n) is 6.11. The summed E-state index contributed by atoms with van der Waals surface area (Å²) in [5.41, 5.74) is 0.217. The van der Waals surface area contributed by atoms with Gasteiger partial charge in [-0.1, -0.05) is 18.5 Å². The van der Waals surface area contributed by atoms with Crippen molar-refractivity contribution in [3.8, 4) is 5.75 Å². The molecule has 102 valence electrons. The predicted molar refractivity (Wildman–Crippen MR) is 71.2 cm³/mol. The molecule has 5 nitrogen and oxygen atoms in total. The lowest BCUT2D eigenvalue weighted by atomic mass is 10.1. The van der Waals surface area contributed by atoms with Crippen molar-refractivity contribution in [3.05, 3.63) is 28.8 Å². The summed E-state index contributed by atoms with van der Waals surface area (Å²) < 4.78 is 0. The third kappa shape index (κ3) is 2.66. The summed E-state index contributed by atoms with van der Waals surface area (Å²) in [6, 6.07) is 3.72. The topological polar surface area (TPSA) is 69.6 Å². The second kappa shape index (κ2) is 5.48. The van der Waals surface area contributed by atoms with E-state index in [1.165, 1.54) is 23.1 Å². The zero-order valence-corrected chi connectivity index (χ0v) is 11.3. The zero-order valence-electron chi connectivity index (χ0n) is 10.5. The molecule has 1 heterocycles. The molecule has 1 saturated heterocycles. The molecule has 1 aliphatic rings. The molecule has 2 amide bonds. The molecule has 0 radical (unpaired) electrons. The van der Waals surface area contributed by atoms with Crippen molar-refractivity contribution in [1.29, 1.82) is 0 Å². The van der Waals surface area contributed by atoms with Crippen molar-refractivity contribution in [2.75, 3.05) is 13.1 Å². The lowest BCUT2D eigenvalue weighted by Crippen LogP contribution is -2.56. The highest BCUT2D eigenvalue weighted by Crippen LogP contribution is 2.24. The van der Waals surface area contributed by atoms with Crippen molar-refractivity contribution in [2.45, 2.75) is 19.4 Å². The Morgan fingerprint density at radius 1 is 1.58 bits per heavy atom. The van der Waals surface area contributed by atoms with Gasteiger partial charge in [-0.05, 0) is 24.6 Å². The number of carbonyl (C=O) groups is 2. The maximum atomic E-state index is 12.4. The molecule has 1 aromatic carbocycles. The molecule has 2 N–H and O–H groups in total. The molecule has 6 heteroatoms. The fraction of sp³-hybridized carbons (Fsp3) is 0.385. The Bertz CT molecular complexity index is 519. The number of rotatable bonds is 2. The van der Waals surface area contributed by atoms with Crippen LogP contribution in [0.4, 0.5) is 0 Å². The third-order valence-corrected chi connectivity index (χ3v) is 3.49. The largest absolute Gasteiger partial charge is 0.508 e. The quantitative estimate of drug-likeness (QED) is 0.861. The van der Waals surface area contributed by atoms with Gasteiger partial charge in [-0.25, -0.2) is 0 Å². The van der Waals surface area contributed by atoms with Gasteiger partial charge in [0.15, 0.2) is 0 Å². The summed E-state index contributed by atoms with van der Waals surface area (Å²) in [6.07, 6.45) is 0.536. The number of amides is 2. The van der Waals surface area contributed by atoms with Gasteiger partial charge in [0.25, 0.3) is 5.91 Å². The summed E-state index contributed by atoms with van der Waals surface area (Å²) in [6.45, 7) is 2.71. The number of halogens is 1. The van der Waals surface area contributed by atoms with Crippen LogP contribution in [0.1, 0.15) is 23.7 Å². The standard InChI is InChI=1S/C13H15ClN2O3/c1-2-11-12(18)15-5-6-16(11)13(19)9-7-8(17)3-4-10(9)14/h3-4,7,11,17H,2,5-6H2,1H3,(H,15,18). The van der Waals surface area contributed by atoms with Gasteiger partial charge in [-0.2, -0.15) is 0 Å². The Morgan fingerprint density at radius 2 is 2.32 bits per heavy atom. The molecular weight excluding hydrogens is 268 g/mol. The molecule has 0 spiro atoms. The Labute approximate surface area is 116 Å². The number of hydrogen-bond acceptors (Lipinski definition) is 3. The highest BCUT2D eigenvalue weighted by molar-refractivity contribution is 6.34. The predicted octanol–water partition coefficient (Wildman–Crippen LogP) is 1.40. The molecule has 1 aromatic rings. The van der Waals surface area contributed by atoms with Gasteiger partial charge in [0.1, 0.15) is 11.8 Å². The smallest absolute Gasteiger partial charge is 0.256 e. The van der Waals surface area contributed by atoms with Gasteiger partial charge < -0.3 is 15.3 Å². The van der Waals surface area contributed by atoms with Crippen molar-refractivity contribution >= 4 is 23.4 Å². The minimum Gasteiger partial charge on any atom is -0.508 e. The van der Waals surface area contributed by atoms with Gasteiger partial charge >= 0.3 is 0 Å². The molecule has 0 aromatic heterocycles. The lowest BCUT2D eigenvalue weighted by molar-refractivity contribution is -0.127. The van der Waals surface area contributed by atoms with Crippen LogP contribution in [0.15, 0.2) is 18.2 Å². The third-order valence-electron chi connectivity index (χ3n) is 3.16. The van der Waals surface area contributed by atoms with Crippen LogP contribution in [0, 0.1) is 0 Å². The molecular formula is C13H15ClN2O3. The number of hydrogen-bond donors (Lipinski definition) is 2. The molecule has 0 bridgehead atoms. The SMILES string of the molecule is CCC1C(=O)NCCN1C(=O)c1cc(O)ccc1Cl. The van der Waals surface area contributed by atoms with E-state index in [2.05, 4.69) is 5.32 Å². The Balaban J connectivity index is 2.32. The number of nitrogens with one attached hydrogen (secondary N) is 1. The van der Waals surface area contributed by atoms with Crippen molar-refractivity contribution < 1.29 is 14.7 Å². The highest BCUT2D eigenvalue weighted by Gasteiger charge is 2.32. The molecule has 2 rings (SSSR count). The summed E-state index contributed by atoms with van der Waals surface area (Å²) in [5, 5.41) is 12.4. The van der Waals surface area contributed by atoms with E-state index in [1.807, 2.05) is 6.92 Å². The van der Waals surface area contributed by atoms with Crippen LogP contribution in [-0.2, 0) is 4.79 Å². The second-order valence-electron chi connectivity index (χ2n) is 4.38. The van der Waals surface area contributed by atoms with E-state index in [0.29, 0.717) is 19.5 Å². The van der Waals surface area contributed by atoms with Crippen LogP contribution in [0.3, 0.4) is 0 Å². The number of piperazine rings is 1. The van der Waals surface area contributed by atoms with E-state index in [-0.39, 0.29) is 28.1 Å². The molecule has 0 aliphatic carbocycles. The fourth-order valence-corrected chi connectivity index (χ4v) is 2.39. The first-order valence-corrected chi connectivity index (χ1v) is 6.49. The molecule has 1 unspecified atom stereocenters. The van der Waals surface area contributed by atoms with Gasteiger partial charge in [0, 0.05) is 13.1 Å². The Kier molecular flexibility index (Phi) is 3.95. The molecule has 1 aliphatic heterocycles. The van der Waals surface area contributed by atoms with E-state index in [9.17, 15) is 14.7 Å². The van der Waals surface area contributed by atoms with Crippen molar-refractivity contribution in [3.63, 3.8) is 0 Å². The maximum Gasteiger partial charge on any atom is 0.256 e. The van der Waals surface area contributed by atoms with E-state index >= 15 is 0 Å². The summed E-state index contributed by atoms with van der Waals surface area (Å²) in [4.78, 5) is 25.7. The first-order chi connectivity index (χ1) is 9.04. The Hall–Kier alpha value is -1.75. The fourth-order valence-electron chi connectivity index (χ4n) is 2.20. The molecule has 1 fully saturated rings. The average Bonchev–Trinajstić information content (AvgIpc) is 2.40. The van der Waals surface area contributed by atoms with E-state index in [0.717, 1.165) is 0 Å². The van der Waals surface area contributed by atoms with Crippen LogP contribution in [0.25, 0.3) is 0 Å². The minimum absolute atomic E-state index is 0.0257. The van der Waals surface area contributed by atoms with Crippen LogP contribution in [-0.4, -0.2) is 41.0 Å². The van der Waals surface area contributed by atoms with Crippen LogP contribution in [0.2, 0.25) is 5.02 Å². The van der Waals surface area contributed by atoms with E-state index in [1.54, 1.807) is 0 Å². The number of nitrogens with zero attached hydrogens (tertiary/aromatic N) is 1. The van der Waals surface area contributed by atoms with Gasteiger partial charge in [0.2, 0.25) is 5.91 Å². The number of benzene rings is 1. The first kappa shape index (κ1) is 13.7. The van der Waals surface area contributed by atoms with Gasteiger partial charge in [0.05, 0.1) is 10.6 Å². The number of aromatic hydroxyl groups is 1. The summed E-state index contributed by atoms with van der Waals surface area (Å²) in [7, 11) is 0. The molecule has 19 heavy (non-hydrogen) atoms. The zero-order chi connectivity index (χ0) is 14.0.